The molecule has 0 spiro atoms. The molecule has 43 heavy (non-hydrogen) atoms. The van der Waals surface area contributed by atoms with E-state index in [-0.39, 0.29) is 0 Å². The number of carbonyl (C=O) groups is 2. The van der Waals surface area contributed by atoms with Gasteiger partial charge in [-0.1, -0.05) is 0 Å². The fraction of sp³-hybridized carbons (Fsp3) is 0.913. The molecule has 0 aromatic carbocycles. The van der Waals surface area contributed by atoms with Gasteiger partial charge in [-0.2, -0.15) is 0 Å². The second-order valence-electron chi connectivity index (χ2n) is 10.5. The molecule has 3 aliphatic rings. The summed E-state index contributed by atoms with van der Waals surface area (Å²) in [6, 6.07) is -1.52. The van der Waals surface area contributed by atoms with Gasteiger partial charge in [-0.25, -0.2) is 4.79 Å². The molecule has 0 radical (unpaired) electrons. The molecule has 1 unspecified atom stereocenters. The maximum atomic E-state index is 12.5. The topological polar surface area (TPSA) is 338 Å². The predicted molar refractivity (Wildman–Crippen MR) is 130 cm³/mol. The third-order valence-corrected chi connectivity index (χ3v) is 7.42. The monoisotopic (exact) mass is 633 g/mol. The molecule has 0 aromatic heterocycles. The fourth-order valence-electron chi connectivity index (χ4n) is 4.97. The molecule has 3 rings (SSSR count). The second-order valence-corrected chi connectivity index (χ2v) is 10.5. The summed E-state index contributed by atoms with van der Waals surface area (Å²) < 4.78 is 31.4. The van der Waals surface area contributed by atoms with Crippen molar-refractivity contribution in [2.45, 2.75) is 111 Å². The van der Waals surface area contributed by atoms with Gasteiger partial charge < -0.3 is 90.3 Å². The van der Waals surface area contributed by atoms with Gasteiger partial charge >= 0.3 is 11.9 Å². The van der Waals surface area contributed by atoms with E-state index >= 15 is 0 Å². The van der Waals surface area contributed by atoms with Crippen LogP contribution < -0.4 is 5.73 Å². The first kappa shape index (κ1) is 35.8. The third kappa shape index (κ3) is 7.58. The minimum Gasteiger partial charge on any atom is -0.477 e. The minimum atomic E-state index is -2.97. The van der Waals surface area contributed by atoms with Gasteiger partial charge in [0, 0.05) is 13.3 Å². The molecule has 0 saturated carbocycles. The summed E-state index contributed by atoms with van der Waals surface area (Å²) in [5.74, 6) is -5.73. The van der Waals surface area contributed by atoms with Gasteiger partial charge in [0.25, 0.3) is 5.79 Å². The Balaban J connectivity index is 1.89. The highest BCUT2D eigenvalue weighted by Crippen LogP contribution is 2.37. The van der Waals surface area contributed by atoms with Crippen molar-refractivity contribution in [3.05, 3.63) is 0 Å². The van der Waals surface area contributed by atoms with Gasteiger partial charge in [-0.3, -0.25) is 4.79 Å². The largest absolute Gasteiger partial charge is 0.477 e. The molecule has 3 fully saturated rings. The SMILES string of the molecule is CC(=O)OC[C@@H](O)[C@@H](O)[C@@H]1O[C@@](O[C@H]2[C@@H](O)[C@@H](CO)O[C@@H](O[C@H]3[C@H](O)[C@@H](O)C(O)O[C@@H]3CO)[C@@H]2O)(C(=O)O)C[C@H](O)[C@H]1N. The van der Waals surface area contributed by atoms with Crippen molar-refractivity contribution in [1.29, 1.82) is 0 Å². The molecule has 20 heteroatoms. The van der Waals surface area contributed by atoms with Gasteiger partial charge in [0.15, 0.2) is 12.6 Å². The maximum absolute atomic E-state index is 12.5. The van der Waals surface area contributed by atoms with E-state index in [9.17, 15) is 65.8 Å². The summed E-state index contributed by atoms with van der Waals surface area (Å²) in [6.07, 6.45) is -27.3. The van der Waals surface area contributed by atoms with Gasteiger partial charge in [-0.05, 0) is 0 Å². The van der Waals surface area contributed by atoms with Crippen LogP contribution in [0.4, 0.5) is 0 Å². The molecule has 250 valence electrons. The number of aliphatic carboxylic acids is 1. The summed E-state index contributed by atoms with van der Waals surface area (Å²) >= 11 is 0. The van der Waals surface area contributed by atoms with Crippen LogP contribution in [-0.4, -0.2) is 186 Å². The van der Waals surface area contributed by atoms with E-state index in [1.54, 1.807) is 0 Å². The Kier molecular flexibility index (Phi) is 12.1. The average Bonchev–Trinajstić information content (AvgIpc) is 2.96. The molecular weight excluding hydrogens is 594 g/mol. The molecule has 0 amide bonds. The molecule has 3 heterocycles. The van der Waals surface area contributed by atoms with Crippen molar-refractivity contribution in [3.8, 4) is 0 Å². The van der Waals surface area contributed by atoms with E-state index in [1.165, 1.54) is 0 Å². The van der Waals surface area contributed by atoms with Crippen LogP contribution in [0.3, 0.4) is 0 Å². The highest BCUT2D eigenvalue weighted by atomic mass is 16.8. The Bertz CT molecular complexity index is 942. The lowest BCUT2D eigenvalue weighted by Crippen LogP contribution is -2.70. The molecule has 0 bridgehead atoms. The first-order chi connectivity index (χ1) is 20.1. The molecule has 0 aromatic rings. The van der Waals surface area contributed by atoms with E-state index in [0.29, 0.717) is 0 Å². The lowest BCUT2D eigenvalue weighted by Gasteiger charge is -2.50. The Hall–Kier alpha value is -1.70. The zero-order valence-electron chi connectivity index (χ0n) is 22.8. The fourth-order valence-corrected chi connectivity index (χ4v) is 4.97. The van der Waals surface area contributed by atoms with Crippen LogP contribution in [0.1, 0.15) is 13.3 Å². The van der Waals surface area contributed by atoms with E-state index in [1.807, 2.05) is 0 Å². The van der Waals surface area contributed by atoms with Crippen LogP contribution in [0.5, 0.6) is 0 Å². The highest BCUT2D eigenvalue weighted by Gasteiger charge is 2.59. The zero-order chi connectivity index (χ0) is 32.4. The number of aliphatic hydroxyl groups excluding tert-OH is 10. The van der Waals surface area contributed by atoms with Crippen molar-refractivity contribution in [3.63, 3.8) is 0 Å². The van der Waals surface area contributed by atoms with Gasteiger partial charge in [0.05, 0.1) is 25.4 Å². The van der Waals surface area contributed by atoms with Crippen LogP contribution >= 0.6 is 0 Å². The lowest BCUT2D eigenvalue weighted by atomic mass is 9.88. The van der Waals surface area contributed by atoms with Crippen molar-refractivity contribution in [1.82, 2.24) is 0 Å². The summed E-state index contributed by atoms with van der Waals surface area (Å²) in [5.41, 5.74) is 5.89. The first-order valence-electron chi connectivity index (χ1n) is 13.2. The van der Waals surface area contributed by atoms with E-state index in [4.69, 9.17) is 29.4 Å². The number of rotatable bonds is 11. The molecule has 3 aliphatic heterocycles. The van der Waals surface area contributed by atoms with E-state index in [0.717, 1.165) is 6.92 Å². The minimum absolute atomic E-state index is 0.758. The predicted octanol–water partition coefficient (Wildman–Crippen LogP) is -7.83. The average molecular weight is 634 g/mol. The van der Waals surface area contributed by atoms with E-state index in [2.05, 4.69) is 4.74 Å². The number of aliphatic hydroxyl groups is 10. The highest BCUT2D eigenvalue weighted by molar-refractivity contribution is 5.76. The number of carboxylic acids is 1. The van der Waals surface area contributed by atoms with Crippen LogP contribution in [0, 0.1) is 0 Å². The molecule has 0 aliphatic carbocycles. The maximum Gasteiger partial charge on any atom is 0.364 e. The lowest BCUT2D eigenvalue weighted by molar-refractivity contribution is -0.384. The van der Waals surface area contributed by atoms with Crippen molar-refractivity contribution >= 4 is 11.9 Å². The number of carboxylic acid groups (broad SMARTS) is 1. The van der Waals surface area contributed by atoms with Crippen molar-refractivity contribution < 1.29 is 94.2 Å². The Morgan fingerprint density at radius 3 is 2.12 bits per heavy atom. The Morgan fingerprint density at radius 1 is 0.930 bits per heavy atom. The van der Waals surface area contributed by atoms with Crippen molar-refractivity contribution in [2.24, 2.45) is 5.73 Å². The summed E-state index contributed by atoms with van der Waals surface area (Å²) in [7, 11) is 0. The number of ether oxygens (including phenoxy) is 6. The van der Waals surface area contributed by atoms with Crippen molar-refractivity contribution in [2.75, 3.05) is 19.8 Å². The summed E-state index contributed by atoms with van der Waals surface area (Å²) in [4.78, 5) is 23.6. The molecular formula is C23H39NO19. The Morgan fingerprint density at radius 2 is 1.56 bits per heavy atom. The third-order valence-electron chi connectivity index (χ3n) is 7.42. The number of hydrogen-bond donors (Lipinski definition) is 12. The zero-order valence-corrected chi connectivity index (χ0v) is 22.8. The van der Waals surface area contributed by atoms with Crippen LogP contribution in [0.2, 0.25) is 0 Å². The first-order valence-corrected chi connectivity index (χ1v) is 13.2. The Labute approximate surface area is 243 Å². The van der Waals surface area contributed by atoms with Gasteiger partial charge in [-0.15, -0.1) is 0 Å². The number of carbonyl (C=O) groups excluding carboxylic acids is 1. The van der Waals surface area contributed by atoms with Crippen LogP contribution in [0.15, 0.2) is 0 Å². The summed E-state index contributed by atoms with van der Waals surface area (Å²) in [5, 5.41) is 113. The molecule has 13 N–H and O–H groups in total. The normalized spacial score (nSPS) is 45.3. The second kappa shape index (κ2) is 14.6. The molecule has 20 nitrogen and oxygen atoms in total. The molecule has 16 atom stereocenters. The van der Waals surface area contributed by atoms with Crippen LogP contribution in [-0.2, 0) is 38.0 Å². The van der Waals surface area contributed by atoms with Crippen LogP contribution in [0.25, 0.3) is 0 Å². The quantitative estimate of drug-likeness (QED) is 0.0939. The standard InChI is InChI=1S/C23H39NO19/c1-6(27)38-5-8(29)12(30)18-11(24)7(28)2-23(42-18,22(36)37)43-19-13(31)9(3-25)40-21(16(19)34)41-17-10(4-26)39-20(35)15(33)14(17)32/h7-21,25-26,28-35H,2-5,24H2,1H3,(H,36,37)/t7-,8+,9+,10+,11+,12+,13-,14+,15+,16+,17+,18+,19-,20?,21-,23-/m0/s1. The summed E-state index contributed by atoms with van der Waals surface area (Å²) in [6.45, 7) is -1.55. The van der Waals surface area contributed by atoms with E-state index < -0.39 is 136 Å². The molecule has 3 saturated heterocycles. The number of esters is 1. The smallest absolute Gasteiger partial charge is 0.364 e. The van der Waals surface area contributed by atoms with Gasteiger partial charge in [0.1, 0.15) is 73.8 Å². The van der Waals surface area contributed by atoms with Gasteiger partial charge in [0.2, 0.25) is 0 Å². The number of hydrogen-bond acceptors (Lipinski definition) is 19. The number of nitrogens with two attached hydrogens (primary N) is 1.